The first-order valence-electron chi connectivity index (χ1n) is 8.63. The molecule has 7 heteroatoms. The van der Waals surface area contributed by atoms with E-state index >= 15 is 0 Å². The average molecular weight is 335 g/mol. The minimum absolute atomic E-state index is 0.0665. The maximum atomic E-state index is 13.0. The van der Waals surface area contributed by atoms with Crippen LogP contribution in [0, 0.1) is 5.82 Å². The molecule has 132 valence electrons. The van der Waals surface area contributed by atoms with Crippen LogP contribution < -0.4 is 21.1 Å². The summed E-state index contributed by atoms with van der Waals surface area (Å²) in [6.07, 6.45) is 0.822. The number of nitrogens with zero attached hydrogens (tertiary/aromatic N) is 2. The normalized spacial score (nSPS) is 25.0. The van der Waals surface area contributed by atoms with Crippen molar-refractivity contribution in [3.63, 3.8) is 0 Å². The SMILES string of the molecule is CC1CC(C(=O)NCCN2CCN(c3ccc(F)cc3)CC2)NN1. The van der Waals surface area contributed by atoms with Crippen LogP contribution in [0.2, 0.25) is 0 Å². The molecule has 0 aliphatic carbocycles. The van der Waals surface area contributed by atoms with Gasteiger partial charge in [-0.2, -0.15) is 0 Å². The molecule has 2 unspecified atom stereocenters. The fraction of sp³-hybridized carbons (Fsp3) is 0.588. The number of rotatable bonds is 5. The summed E-state index contributed by atoms with van der Waals surface area (Å²) in [7, 11) is 0. The number of benzene rings is 1. The number of hydrazine groups is 1. The predicted octanol–water partition coefficient (Wildman–Crippen LogP) is 0.319. The van der Waals surface area contributed by atoms with Crippen LogP contribution in [0.5, 0.6) is 0 Å². The Kier molecular flexibility index (Phi) is 5.65. The molecule has 2 heterocycles. The van der Waals surface area contributed by atoms with Gasteiger partial charge >= 0.3 is 0 Å². The lowest BCUT2D eigenvalue weighted by Crippen LogP contribution is -2.50. The summed E-state index contributed by atoms with van der Waals surface area (Å²) in [6, 6.07) is 6.87. The molecule has 3 rings (SSSR count). The molecular weight excluding hydrogens is 309 g/mol. The minimum Gasteiger partial charge on any atom is -0.369 e. The van der Waals surface area contributed by atoms with Crippen LogP contribution in [0.1, 0.15) is 13.3 Å². The fourth-order valence-electron chi connectivity index (χ4n) is 3.23. The summed E-state index contributed by atoms with van der Waals surface area (Å²) in [4.78, 5) is 16.6. The molecule has 2 saturated heterocycles. The first-order chi connectivity index (χ1) is 11.6. The van der Waals surface area contributed by atoms with E-state index in [0.29, 0.717) is 12.6 Å². The maximum absolute atomic E-state index is 13.0. The van der Waals surface area contributed by atoms with Crippen molar-refractivity contribution >= 4 is 11.6 Å². The monoisotopic (exact) mass is 335 g/mol. The third-order valence-corrected chi connectivity index (χ3v) is 4.70. The number of anilines is 1. The molecule has 1 amide bonds. The van der Waals surface area contributed by atoms with Crippen molar-refractivity contribution in [3.05, 3.63) is 30.1 Å². The number of carbonyl (C=O) groups is 1. The van der Waals surface area contributed by atoms with Crippen LogP contribution in [0.15, 0.2) is 24.3 Å². The third kappa shape index (κ3) is 4.43. The summed E-state index contributed by atoms with van der Waals surface area (Å²) in [6.45, 7) is 7.33. The van der Waals surface area contributed by atoms with Gasteiger partial charge in [0.1, 0.15) is 11.9 Å². The molecule has 0 spiro atoms. The number of halogens is 1. The highest BCUT2D eigenvalue weighted by molar-refractivity contribution is 5.82. The molecule has 2 aliphatic heterocycles. The van der Waals surface area contributed by atoms with E-state index in [0.717, 1.165) is 44.8 Å². The van der Waals surface area contributed by atoms with E-state index in [2.05, 4.69) is 32.9 Å². The highest BCUT2D eigenvalue weighted by atomic mass is 19.1. The quantitative estimate of drug-likeness (QED) is 0.723. The maximum Gasteiger partial charge on any atom is 0.238 e. The molecule has 2 aliphatic rings. The number of nitrogens with one attached hydrogen (secondary N) is 3. The highest BCUT2D eigenvalue weighted by Crippen LogP contribution is 2.16. The van der Waals surface area contributed by atoms with Crippen molar-refractivity contribution in [3.8, 4) is 0 Å². The zero-order valence-electron chi connectivity index (χ0n) is 14.1. The number of piperazine rings is 1. The summed E-state index contributed by atoms with van der Waals surface area (Å²) in [5.41, 5.74) is 7.15. The van der Waals surface area contributed by atoms with Crippen molar-refractivity contribution in [2.24, 2.45) is 0 Å². The lowest BCUT2D eigenvalue weighted by molar-refractivity contribution is -0.122. The standard InChI is InChI=1S/C17H26FN5O/c1-13-12-16(21-20-13)17(24)19-6-7-22-8-10-23(11-9-22)15-4-2-14(18)3-5-15/h2-5,13,16,20-21H,6-12H2,1H3,(H,19,24). The summed E-state index contributed by atoms with van der Waals surface area (Å²) in [5, 5.41) is 3.00. The molecule has 1 aromatic carbocycles. The van der Waals surface area contributed by atoms with E-state index in [4.69, 9.17) is 0 Å². The number of amides is 1. The van der Waals surface area contributed by atoms with Crippen LogP contribution in [0.25, 0.3) is 0 Å². The van der Waals surface area contributed by atoms with E-state index in [1.807, 2.05) is 12.1 Å². The molecule has 0 bridgehead atoms. The zero-order chi connectivity index (χ0) is 16.9. The van der Waals surface area contributed by atoms with Gasteiger partial charge in [-0.15, -0.1) is 0 Å². The molecule has 1 aromatic rings. The lowest BCUT2D eigenvalue weighted by atomic mass is 10.1. The summed E-state index contributed by atoms with van der Waals surface area (Å²) < 4.78 is 13.0. The van der Waals surface area contributed by atoms with Crippen LogP contribution >= 0.6 is 0 Å². The van der Waals surface area contributed by atoms with Gasteiger partial charge in [0.05, 0.1) is 0 Å². The van der Waals surface area contributed by atoms with Gasteiger partial charge in [0, 0.05) is 51.0 Å². The molecule has 3 N–H and O–H groups in total. The Morgan fingerprint density at radius 3 is 2.54 bits per heavy atom. The molecule has 0 aromatic heterocycles. The number of hydrogen-bond donors (Lipinski definition) is 3. The van der Waals surface area contributed by atoms with Gasteiger partial charge in [-0.05, 0) is 37.6 Å². The van der Waals surface area contributed by atoms with Crippen molar-refractivity contribution in [1.29, 1.82) is 0 Å². The Morgan fingerprint density at radius 2 is 1.92 bits per heavy atom. The van der Waals surface area contributed by atoms with Gasteiger partial charge in [0.25, 0.3) is 0 Å². The number of hydrogen-bond acceptors (Lipinski definition) is 5. The molecule has 0 saturated carbocycles. The van der Waals surface area contributed by atoms with Gasteiger partial charge in [0.15, 0.2) is 0 Å². The van der Waals surface area contributed by atoms with Gasteiger partial charge in [-0.25, -0.2) is 9.82 Å². The fourth-order valence-corrected chi connectivity index (χ4v) is 3.23. The van der Waals surface area contributed by atoms with Crippen molar-refractivity contribution in [1.82, 2.24) is 21.1 Å². The largest absolute Gasteiger partial charge is 0.369 e. The van der Waals surface area contributed by atoms with Crippen LogP contribution in [-0.4, -0.2) is 62.2 Å². The number of carbonyl (C=O) groups excluding carboxylic acids is 1. The highest BCUT2D eigenvalue weighted by Gasteiger charge is 2.26. The van der Waals surface area contributed by atoms with Gasteiger partial charge in [-0.1, -0.05) is 0 Å². The molecular formula is C17H26FN5O. The lowest BCUT2D eigenvalue weighted by Gasteiger charge is -2.36. The summed E-state index contributed by atoms with van der Waals surface area (Å²) >= 11 is 0. The Labute approximate surface area is 142 Å². The Morgan fingerprint density at radius 1 is 1.21 bits per heavy atom. The molecule has 6 nitrogen and oxygen atoms in total. The van der Waals surface area contributed by atoms with E-state index in [-0.39, 0.29) is 17.8 Å². The average Bonchev–Trinajstić information content (AvgIpc) is 3.03. The van der Waals surface area contributed by atoms with Crippen LogP contribution in [-0.2, 0) is 4.79 Å². The van der Waals surface area contributed by atoms with E-state index in [1.54, 1.807) is 0 Å². The van der Waals surface area contributed by atoms with Crippen molar-refractivity contribution in [2.45, 2.75) is 25.4 Å². The molecule has 24 heavy (non-hydrogen) atoms. The van der Waals surface area contributed by atoms with Gasteiger partial charge < -0.3 is 10.2 Å². The first-order valence-corrected chi connectivity index (χ1v) is 8.63. The van der Waals surface area contributed by atoms with Crippen LogP contribution in [0.4, 0.5) is 10.1 Å². The molecule has 2 fully saturated rings. The van der Waals surface area contributed by atoms with E-state index < -0.39 is 0 Å². The van der Waals surface area contributed by atoms with Gasteiger partial charge in [0.2, 0.25) is 5.91 Å². The topological polar surface area (TPSA) is 59.6 Å². The van der Waals surface area contributed by atoms with Gasteiger partial charge in [-0.3, -0.25) is 15.1 Å². The van der Waals surface area contributed by atoms with Crippen molar-refractivity contribution < 1.29 is 9.18 Å². The second-order valence-corrected chi connectivity index (χ2v) is 6.57. The van der Waals surface area contributed by atoms with E-state index in [1.165, 1.54) is 12.1 Å². The third-order valence-electron chi connectivity index (χ3n) is 4.70. The Hall–Kier alpha value is -1.70. The smallest absolute Gasteiger partial charge is 0.238 e. The Balaban J connectivity index is 1.35. The second-order valence-electron chi connectivity index (χ2n) is 6.57. The summed E-state index contributed by atoms with van der Waals surface area (Å²) in [5.74, 6) is -0.133. The first kappa shape index (κ1) is 17.1. The zero-order valence-corrected chi connectivity index (χ0v) is 14.1. The second kappa shape index (κ2) is 7.92. The Bertz CT molecular complexity index is 544. The predicted molar refractivity (Wildman–Crippen MR) is 92.2 cm³/mol. The van der Waals surface area contributed by atoms with E-state index in [9.17, 15) is 9.18 Å². The minimum atomic E-state index is -0.200. The molecule has 2 atom stereocenters. The van der Waals surface area contributed by atoms with Crippen molar-refractivity contribution in [2.75, 3.05) is 44.2 Å². The van der Waals surface area contributed by atoms with Crippen LogP contribution in [0.3, 0.4) is 0 Å². The molecule has 0 radical (unpaired) electrons.